The molecule has 0 spiro atoms. The molecule has 0 aliphatic carbocycles. The number of benzene rings is 3. The van der Waals surface area contributed by atoms with Gasteiger partial charge in [0.05, 0.1) is 22.0 Å². The Kier molecular flexibility index (Phi) is 9.21. The third-order valence-electron chi connectivity index (χ3n) is 5.76. The number of piperazine rings is 1. The first-order chi connectivity index (χ1) is 17.8. The van der Waals surface area contributed by atoms with Gasteiger partial charge in [0.2, 0.25) is 5.91 Å². The number of halogens is 3. The van der Waals surface area contributed by atoms with Crippen LogP contribution in [0.3, 0.4) is 0 Å². The predicted molar refractivity (Wildman–Crippen MR) is 159 cm³/mol. The lowest BCUT2D eigenvalue weighted by molar-refractivity contribution is -0.126. The van der Waals surface area contributed by atoms with Gasteiger partial charge in [0.25, 0.3) is 5.91 Å². The highest BCUT2D eigenvalue weighted by atomic mass is 79.9. The molecule has 0 unspecified atom stereocenters. The third-order valence-corrected chi connectivity index (χ3v) is 7.02. The van der Waals surface area contributed by atoms with Gasteiger partial charge in [0.1, 0.15) is 0 Å². The second kappa shape index (κ2) is 12.6. The summed E-state index contributed by atoms with van der Waals surface area (Å²) in [6.45, 7) is 2.41. The molecule has 3 aromatic carbocycles. The summed E-state index contributed by atoms with van der Waals surface area (Å²) in [6.07, 6.45) is 3.44. The van der Waals surface area contributed by atoms with Crippen molar-refractivity contribution in [2.24, 2.45) is 0 Å². The first-order valence-corrected chi connectivity index (χ1v) is 13.4. The Morgan fingerprint density at radius 3 is 2.41 bits per heavy atom. The van der Waals surface area contributed by atoms with Crippen molar-refractivity contribution in [3.05, 3.63) is 98.5 Å². The van der Waals surface area contributed by atoms with Crippen LogP contribution < -0.4 is 15.5 Å². The number of anilines is 2. The van der Waals surface area contributed by atoms with Crippen LogP contribution in [0, 0.1) is 0 Å². The smallest absolute Gasteiger partial charge is 0.258 e. The van der Waals surface area contributed by atoms with E-state index in [4.69, 9.17) is 35.4 Å². The maximum Gasteiger partial charge on any atom is 0.258 e. The maximum atomic E-state index is 12.7. The van der Waals surface area contributed by atoms with Crippen molar-refractivity contribution >= 4 is 85.7 Å². The SMILES string of the molecule is O=C(NC(=S)Nc1cc(Cl)ccc1N1CCN(C(=O)/C=C/c2ccccc2)CC1)c1cc(Br)ccc1Cl. The summed E-state index contributed by atoms with van der Waals surface area (Å²) in [5, 5.41) is 6.70. The molecule has 0 aromatic heterocycles. The quantitative estimate of drug-likeness (QED) is 0.262. The molecule has 37 heavy (non-hydrogen) atoms. The second-order valence-corrected chi connectivity index (χ2v) is 10.4. The van der Waals surface area contributed by atoms with E-state index in [2.05, 4.69) is 31.5 Å². The molecule has 4 rings (SSSR count). The zero-order valence-electron chi connectivity index (χ0n) is 19.6. The van der Waals surface area contributed by atoms with Gasteiger partial charge < -0.3 is 15.1 Å². The van der Waals surface area contributed by atoms with Crippen molar-refractivity contribution in [1.29, 1.82) is 0 Å². The Labute approximate surface area is 239 Å². The van der Waals surface area contributed by atoms with Crippen LogP contribution in [0.25, 0.3) is 6.08 Å². The van der Waals surface area contributed by atoms with E-state index in [1.807, 2.05) is 47.4 Å². The van der Waals surface area contributed by atoms with Gasteiger partial charge in [-0.05, 0) is 60.3 Å². The number of rotatable bonds is 5. The van der Waals surface area contributed by atoms with E-state index in [-0.39, 0.29) is 11.0 Å². The molecule has 1 aliphatic heterocycles. The Morgan fingerprint density at radius 2 is 1.68 bits per heavy atom. The Hall–Kier alpha value is -2.91. The van der Waals surface area contributed by atoms with E-state index >= 15 is 0 Å². The number of nitrogens with one attached hydrogen (secondary N) is 2. The minimum atomic E-state index is -0.428. The summed E-state index contributed by atoms with van der Waals surface area (Å²) in [5.74, 6) is -0.448. The lowest BCUT2D eigenvalue weighted by Crippen LogP contribution is -2.48. The summed E-state index contributed by atoms with van der Waals surface area (Å²) in [7, 11) is 0. The standard InChI is InChI=1S/C27H23BrCl2N4O2S/c28-19-7-9-22(30)21(16-19)26(36)32-27(37)31-23-17-20(29)8-10-24(23)33-12-14-34(15-13-33)25(35)11-6-18-4-2-1-3-5-18/h1-11,16-17H,12-15H2,(H2,31,32,36,37)/b11-6+. The molecule has 0 saturated carbocycles. The molecule has 1 aliphatic rings. The van der Waals surface area contributed by atoms with Crippen LogP contribution in [0.5, 0.6) is 0 Å². The Bertz CT molecular complexity index is 1350. The summed E-state index contributed by atoms with van der Waals surface area (Å²) in [6, 6.07) is 20.2. The van der Waals surface area contributed by atoms with Crippen LogP contribution in [0.15, 0.2) is 77.3 Å². The van der Waals surface area contributed by atoms with E-state index in [1.54, 1.807) is 36.4 Å². The van der Waals surface area contributed by atoms with Gasteiger partial charge in [-0.15, -0.1) is 0 Å². The summed E-state index contributed by atoms with van der Waals surface area (Å²) in [4.78, 5) is 29.3. The van der Waals surface area contributed by atoms with Gasteiger partial charge >= 0.3 is 0 Å². The maximum absolute atomic E-state index is 12.7. The molecule has 0 atom stereocenters. The molecular formula is C27H23BrCl2N4O2S. The molecule has 2 N–H and O–H groups in total. The Balaban J connectivity index is 1.39. The number of amides is 2. The van der Waals surface area contributed by atoms with Crippen LogP contribution >= 0.6 is 51.3 Å². The van der Waals surface area contributed by atoms with Crippen LogP contribution in [0.2, 0.25) is 10.0 Å². The molecule has 3 aromatic rings. The van der Waals surface area contributed by atoms with Gasteiger partial charge in [0, 0.05) is 41.8 Å². The molecule has 2 amide bonds. The molecule has 1 saturated heterocycles. The highest BCUT2D eigenvalue weighted by Crippen LogP contribution is 2.30. The number of hydrogen-bond acceptors (Lipinski definition) is 4. The average molecular weight is 618 g/mol. The summed E-state index contributed by atoms with van der Waals surface area (Å²) >= 11 is 21.2. The largest absolute Gasteiger partial charge is 0.366 e. The van der Waals surface area contributed by atoms with Crippen molar-refractivity contribution < 1.29 is 9.59 Å². The summed E-state index contributed by atoms with van der Waals surface area (Å²) < 4.78 is 0.728. The van der Waals surface area contributed by atoms with E-state index in [9.17, 15) is 9.59 Å². The van der Waals surface area contributed by atoms with Crippen LogP contribution in [0.4, 0.5) is 11.4 Å². The molecule has 1 heterocycles. The van der Waals surface area contributed by atoms with E-state index < -0.39 is 5.91 Å². The van der Waals surface area contributed by atoms with E-state index in [0.717, 1.165) is 15.7 Å². The molecule has 0 bridgehead atoms. The fraction of sp³-hybridized carbons (Fsp3) is 0.148. The van der Waals surface area contributed by atoms with Crippen molar-refractivity contribution in [2.75, 3.05) is 36.4 Å². The average Bonchev–Trinajstić information content (AvgIpc) is 2.89. The topological polar surface area (TPSA) is 64.7 Å². The van der Waals surface area contributed by atoms with Crippen molar-refractivity contribution in [3.8, 4) is 0 Å². The van der Waals surface area contributed by atoms with Gasteiger partial charge in [-0.1, -0.05) is 69.5 Å². The van der Waals surface area contributed by atoms with Gasteiger partial charge in [0.15, 0.2) is 5.11 Å². The molecule has 1 fully saturated rings. The molecule has 10 heteroatoms. The third kappa shape index (κ3) is 7.32. The fourth-order valence-corrected chi connectivity index (χ4v) is 4.82. The van der Waals surface area contributed by atoms with E-state index in [1.165, 1.54) is 0 Å². The second-order valence-electron chi connectivity index (χ2n) is 8.25. The van der Waals surface area contributed by atoms with Crippen molar-refractivity contribution in [2.45, 2.75) is 0 Å². The van der Waals surface area contributed by atoms with Gasteiger partial charge in [-0.2, -0.15) is 0 Å². The minimum Gasteiger partial charge on any atom is -0.366 e. The monoisotopic (exact) mass is 616 g/mol. The summed E-state index contributed by atoms with van der Waals surface area (Å²) in [5.41, 5.74) is 2.81. The number of hydrogen-bond donors (Lipinski definition) is 2. The van der Waals surface area contributed by atoms with Gasteiger partial charge in [-0.3, -0.25) is 14.9 Å². The van der Waals surface area contributed by atoms with Crippen molar-refractivity contribution in [3.63, 3.8) is 0 Å². The molecule has 6 nitrogen and oxygen atoms in total. The first kappa shape index (κ1) is 27.1. The lowest BCUT2D eigenvalue weighted by Gasteiger charge is -2.36. The number of carbonyl (C=O) groups is 2. The van der Waals surface area contributed by atoms with Crippen LogP contribution in [-0.4, -0.2) is 48.0 Å². The normalized spacial score (nSPS) is 13.5. The highest BCUT2D eigenvalue weighted by Gasteiger charge is 2.22. The van der Waals surface area contributed by atoms with Crippen LogP contribution in [-0.2, 0) is 4.79 Å². The lowest BCUT2D eigenvalue weighted by atomic mass is 10.2. The molecular weight excluding hydrogens is 595 g/mol. The minimum absolute atomic E-state index is 0.0203. The first-order valence-electron chi connectivity index (χ1n) is 11.4. The zero-order valence-corrected chi connectivity index (χ0v) is 23.5. The molecule has 0 radical (unpaired) electrons. The highest BCUT2D eigenvalue weighted by molar-refractivity contribution is 9.10. The Morgan fingerprint density at radius 1 is 0.946 bits per heavy atom. The number of thiocarbonyl (C=S) groups is 1. The number of nitrogens with zero attached hydrogens (tertiary/aromatic N) is 2. The van der Waals surface area contributed by atoms with Crippen LogP contribution in [0.1, 0.15) is 15.9 Å². The number of carbonyl (C=O) groups excluding carboxylic acids is 2. The van der Waals surface area contributed by atoms with E-state index in [0.29, 0.717) is 47.5 Å². The van der Waals surface area contributed by atoms with Gasteiger partial charge in [-0.25, -0.2) is 0 Å². The fourth-order valence-electron chi connectivity index (χ4n) is 3.88. The zero-order chi connectivity index (χ0) is 26.4. The molecule has 190 valence electrons. The predicted octanol–water partition coefficient (Wildman–Crippen LogP) is 6.24. The van der Waals surface area contributed by atoms with Crippen molar-refractivity contribution in [1.82, 2.24) is 10.2 Å².